The molecule has 0 saturated heterocycles. The van der Waals surface area contributed by atoms with Crippen LogP contribution in [-0.2, 0) is 19.4 Å². The van der Waals surface area contributed by atoms with Crippen LogP contribution < -0.4 is 15.2 Å². The number of carbonyl (C=O) groups is 2. The molecule has 108 valence electrons. The number of benzene rings is 1. The Kier molecular flexibility index (Phi) is 4.06. The van der Waals surface area contributed by atoms with Crippen LogP contribution in [0, 0.1) is 0 Å². The van der Waals surface area contributed by atoms with Crippen molar-refractivity contribution in [1.82, 2.24) is 0 Å². The van der Waals surface area contributed by atoms with E-state index >= 15 is 0 Å². The third kappa shape index (κ3) is 2.98. The van der Waals surface area contributed by atoms with Gasteiger partial charge in [-0.3, -0.25) is 0 Å². The fraction of sp³-hybridized carbons (Fsp3) is 0.333. The van der Waals surface area contributed by atoms with E-state index in [1.807, 2.05) is 0 Å². The van der Waals surface area contributed by atoms with Gasteiger partial charge in [-0.15, -0.1) is 0 Å². The van der Waals surface area contributed by atoms with E-state index in [2.05, 4.69) is 9.78 Å². The number of aliphatic hydroxyl groups is 1. The van der Waals surface area contributed by atoms with Crippen molar-refractivity contribution < 1.29 is 33.9 Å². The van der Waals surface area contributed by atoms with E-state index in [1.54, 1.807) is 6.07 Å². The number of hydrogen-bond acceptors (Lipinski definition) is 8. The lowest BCUT2D eigenvalue weighted by Gasteiger charge is -2.16. The summed E-state index contributed by atoms with van der Waals surface area (Å²) < 4.78 is 10.3. The monoisotopic (exact) mass is 283 g/mol. The molecule has 2 rings (SSSR count). The van der Waals surface area contributed by atoms with Crippen LogP contribution in [0.1, 0.15) is 18.6 Å². The summed E-state index contributed by atoms with van der Waals surface area (Å²) in [7, 11) is 0. The Balaban J connectivity index is 2.04. The van der Waals surface area contributed by atoms with Gasteiger partial charge in [0.1, 0.15) is 12.1 Å². The minimum Gasteiger partial charge on any atom is -0.454 e. The van der Waals surface area contributed by atoms with Crippen LogP contribution in [0.4, 0.5) is 0 Å². The van der Waals surface area contributed by atoms with Gasteiger partial charge in [0, 0.05) is 6.92 Å². The Bertz CT molecular complexity index is 531. The average molecular weight is 283 g/mol. The first kappa shape index (κ1) is 14.1. The molecule has 0 radical (unpaired) electrons. The first-order valence-corrected chi connectivity index (χ1v) is 5.71. The molecule has 20 heavy (non-hydrogen) atoms. The summed E-state index contributed by atoms with van der Waals surface area (Å²) >= 11 is 0. The van der Waals surface area contributed by atoms with Gasteiger partial charge in [-0.05, 0) is 17.7 Å². The molecule has 3 N–H and O–H groups in total. The summed E-state index contributed by atoms with van der Waals surface area (Å²) in [6.45, 7) is 1.16. The largest absolute Gasteiger partial charge is 0.454 e. The zero-order chi connectivity index (χ0) is 14.7. The van der Waals surface area contributed by atoms with Crippen molar-refractivity contribution in [2.24, 2.45) is 5.73 Å². The minimum absolute atomic E-state index is 0.0927. The molecule has 8 nitrogen and oxygen atoms in total. The lowest BCUT2D eigenvalue weighted by Crippen LogP contribution is -2.38. The predicted octanol–water partition coefficient (Wildman–Crippen LogP) is -0.203. The normalized spacial score (nSPS) is 15.3. The summed E-state index contributed by atoms with van der Waals surface area (Å²) in [5.41, 5.74) is 5.88. The second-order valence-corrected chi connectivity index (χ2v) is 4.06. The van der Waals surface area contributed by atoms with E-state index in [1.165, 1.54) is 12.1 Å². The molecule has 0 aliphatic carbocycles. The topological polar surface area (TPSA) is 117 Å². The molecule has 0 aromatic heterocycles. The summed E-state index contributed by atoms with van der Waals surface area (Å²) in [6, 6.07) is 3.23. The maximum Gasteiger partial charge on any atom is 0.375 e. The molecule has 1 aliphatic rings. The molecule has 0 amide bonds. The third-order valence-corrected chi connectivity index (χ3v) is 2.59. The molecule has 0 spiro atoms. The van der Waals surface area contributed by atoms with E-state index in [-0.39, 0.29) is 6.79 Å². The van der Waals surface area contributed by atoms with Crippen molar-refractivity contribution >= 4 is 11.9 Å². The molecular formula is C12H13NO7. The van der Waals surface area contributed by atoms with Crippen molar-refractivity contribution in [3.8, 4) is 11.5 Å². The van der Waals surface area contributed by atoms with Crippen molar-refractivity contribution in [1.29, 1.82) is 0 Å². The van der Waals surface area contributed by atoms with Gasteiger partial charge in [-0.2, -0.15) is 0 Å². The van der Waals surface area contributed by atoms with Gasteiger partial charge in [0.05, 0.1) is 0 Å². The van der Waals surface area contributed by atoms with E-state index in [9.17, 15) is 14.7 Å². The first-order chi connectivity index (χ1) is 9.49. The molecule has 1 heterocycles. The quantitative estimate of drug-likeness (QED) is 0.578. The molecule has 8 heteroatoms. The Hall–Kier alpha value is -2.32. The highest BCUT2D eigenvalue weighted by Gasteiger charge is 2.28. The molecule has 0 fully saturated rings. The number of rotatable bonds is 3. The Labute approximate surface area is 113 Å². The lowest BCUT2D eigenvalue weighted by molar-refractivity contribution is -0.259. The lowest BCUT2D eigenvalue weighted by atomic mass is 10.0. The van der Waals surface area contributed by atoms with Crippen LogP contribution in [-0.4, -0.2) is 29.9 Å². The maximum absolute atomic E-state index is 11.5. The Morgan fingerprint density at radius 2 is 2.00 bits per heavy atom. The van der Waals surface area contributed by atoms with E-state index in [0.29, 0.717) is 17.1 Å². The molecule has 2 atom stereocenters. The molecule has 2 unspecified atom stereocenters. The molecule has 1 aromatic rings. The Morgan fingerprint density at radius 3 is 2.70 bits per heavy atom. The van der Waals surface area contributed by atoms with Crippen LogP contribution >= 0.6 is 0 Å². The summed E-state index contributed by atoms with van der Waals surface area (Å²) in [5, 5.41) is 9.99. The van der Waals surface area contributed by atoms with Gasteiger partial charge < -0.3 is 20.3 Å². The van der Waals surface area contributed by atoms with Crippen molar-refractivity contribution in [2.75, 3.05) is 6.79 Å². The number of hydrogen-bond donors (Lipinski definition) is 2. The van der Waals surface area contributed by atoms with Gasteiger partial charge >= 0.3 is 11.9 Å². The van der Waals surface area contributed by atoms with Gasteiger partial charge in [0.25, 0.3) is 0 Å². The van der Waals surface area contributed by atoms with Crippen LogP contribution in [0.2, 0.25) is 0 Å². The molecule has 1 aromatic carbocycles. The molecule has 1 aliphatic heterocycles. The van der Waals surface area contributed by atoms with Gasteiger partial charge in [-0.25, -0.2) is 19.4 Å². The van der Waals surface area contributed by atoms with E-state index < -0.39 is 24.1 Å². The Morgan fingerprint density at radius 1 is 1.30 bits per heavy atom. The fourth-order valence-corrected chi connectivity index (χ4v) is 1.59. The number of ether oxygens (including phenoxy) is 2. The highest BCUT2D eigenvalue weighted by atomic mass is 17.2. The highest BCUT2D eigenvalue weighted by Crippen LogP contribution is 2.34. The van der Waals surface area contributed by atoms with Crippen molar-refractivity contribution in [2.45, 2.75) is 19.1 Å². The number of fused-ring (bicyclic) bond motifs is 1. The van der Waals surface area contributed by atoms with Crippen LogP contribution in [0.25, 0.3) is 0 Å². The van der Waals surface area contributed by atoms with Gasteiger partial charge in [-0.1, -0.05) is 6.07 Å². The SMILES string of the molecule is CC(=O)OOC(=O)C(N)C(O)c1ccc2c(c1)OCO2. The average Bonchev–Trinajstić information content (AvgIpc) is 2.90. The standard InChI is InChI=1S/C12H13NO7/c1-6(14)19-20-12(16)10(13)11(15)7-2-3-8-9(4-7)18-5-17-8/h2-4,10-11,15H,5,13H2,1H3. The van der Waals surface area contributed by atoms with Crippen LogP contribution in [0.5, 0.6) is 11.5 Å². The minimum atomic E-state index is -1.41. The fourth-order valence-electron chi connectivity index (χ4n) is 1.59. The zero-order valence-corrected chi connectivity index (χ0v) is 10.6. The molecule has 0 bridgehead atoms. The van der Waals surface area contributed by atoms with Gasteiger partial charge in [0.15, 0.2) is 11.5 Å². The first-order valence-electron chi connectivity index (χ1n) is 5.71. The zero-order valence-electron chi connectivity index (χ0n) is 10.6. The predicted molar refractivity (Wildman–Crippen MR) is 63.4 cm³/mol. The van der Waals surface area contributed by atoms with Crippen molar-refractivity contribution in [3.63, 3.8) is 0 Å². The molecular weight excluding hydrogens is 270 g/mol. The van der Waals surface area contributed by atoms with Crippen LogP contribution in [0.15, 0.2) is 18.2 Å². The summed E-state index contributed by atoms with van der Waals surface area (Å²) in [6.07, 6.45) is -1.34. The van der Waals surface area contributed by atoms with Crippen LogP contribution in [0.3, 0.4) is 0 Å². The third-order valence-electron chi connectivity index (χ3n) is 2.59. The smallest absolute Gasteiger partial charge is 0.375 e. The second-order valence-electron chi connectivity index (χ2n) is 4.06. The van der Waals surface area contributed by atoms with E-state index in [0.717, 1.165) is 6.92 Å². The van der Waals surface area contributed by atoms with Gasteiger partial charge in [0.2, 0.25) is 6.79 Å². The van der Waals surface area contributed by atoms with E-state index in [4.69, 9.17) is 15.2 Å². The second kappa shape index (κ2) is 5.76. The summed E-state index contributed by atoms with van der Waals surface area (Å²) in [4.78, 5) is 30.2. The van der Waals surface area contributed by atoms with Crippen molar-refractivity contribution in [3.05, 3.63) is 23.8 Å². The number of nitrogens with two attached hydrogens (primary N) is 1. The number of aliphatic hydroxyl groups excluding tert-OH is 1. The summed E-state index contributed by atoms with van der Waals surface area (Å²) in [5.74, 6) is -0.882. The maximum atomic E-state index is 11.5. The molecule has 0 saturated carbocycles. The highest BCUT2D eigenvalue weighted by molar-refractivity contribution is 5.77. The number of carbonyl (C=O) groups excluding carboxylic acids is 2.